The van der Waals surface area contributed by atoms with Crippen LogP contribution in [0.2, 0.25) is 0 Å². The molecule has 0 aliphatic heterocycles. The van der Waals surface area contributed by atoms with Gasteiger partial charge in [-0.15, -0.1) is 0 Å². The first kappa shape index (κ1) is 14.7. The van der Waals surface area contributed by atoms with Gasteiger partial charge in [0.1, 0.15) is 0 Å². The number of nitrogens with one attached hydrogen (secondary N) is 1. The zero-order chi connectivity index (χ0) is 14.5. The minimum absolute atomic E-state index is 0.183. The third kappa shape index (κ3) is 3.44. The van der Waals surface area contributed by atoms with Crippen LogP contribution in [-0.2, 0) is 0 Å². The van der Waals surface area contributed by atoms with E-state index in [1.165, 1.54) is 50.3 Å². The van der Waals surface area contributed by atoms with Crippen molar-refractivity contribution in [2.75, 3.05) is 0 Å². The first-order chi connectivity index (χ1) is 9.61. The molecule has 1 aromatic rings. The van der Waals surface area contributed by atoms with E-state index in [0.717, 1.165) is 6.42 Å². The molecule has 20 heavy (non-hydrogen) atoms. The monoisotopic (exact) mass is 277 g/mol. The summed E-state index contributed by atoms with van der Waals surface area (Å²) >= 11 is 0. The molecule has 1 atom stereocenters. The van der Waals surface area contributed by atoms with Crippen LogP contribution in [-0.4, -0.2) is 22.2 Å². The van der Waals surface area contributed by atoms with Gasteiger partial charge in [0.15, 0.2) is 11.5 Å². The Kier molecular flexibility index (Phi) is 4.88. The molecule has 3 N–H and O–H groups in total. The predicted octanol–water partition coefficient (Wildman–Crippen LogP) is 3.19. The highest BCUT2D eigenvalue weighted by atomic mass is 16.3. The second-order valence-electron chi connectivity index (χ2n) is 5.59. The van der Waals surface area contributed by atoms with E-state index >= 15 is 0 Å². The third-order valence-corrected chi connectivity index (χ3v) is 4.21. The van der Waals surface area contributed by atoms with E-state index in [9.17, 15) is 15.0 Å². The fourth-order valence-corrected chi connectivity index (χ4v) is 3.01. The third-order valence-electron chi connectivity index (χ3n) is 4.21. The lowest BCUT2D eigenvalue weighted by Gasteiger charge is -2.30. The summed E-state index contributed by atoms with van der Waals surface area (Å²) in [6.45, 7) is 2.09. The van der Waals surface area contributed by atoms with Gasteiger partial charge in [-0.25, -0.2) is 0 Å². The van der Waals surface area contributed by atoms with Crippen molar-refractivity contribution in [2.45, 2.75) is 51.5 Å². The first-order valence-electron chi connectivity index (χ1n) is 7.44. The van der Waals surface area contributed by atoms with Crippen LogP contribution < -0.4 is 5.32 Å². The molecule has 1 aromatic carbocycles. The average Bonchev–Trinajstić information content (AvgIpc) is 2.48. The van der Waals surface area contributed by atoms with Crippen LogP contribution in [0.15, 0.2) is 18.2 Å². The maximum absolute atomic E-state index is 12.2. The van der Waals surface area contributed by atoms with E-state index in [0.29, 0.717) is 11.5 Å². The van der Waals surface area contributed by atoms with Crippen molar-refractivity contribution in [1.82, 2.24) is 5.32 Å². The van der Waals surface area contributed by atoms with Crippen molar-refractivity contribution in [2.24, 2.45) is 5.92 Å². The van der Waals surface area contributed by atoms with E-state index in [4.69, 9.17) is 0 Å². The molecule has 1 aliphatic rings. The number of hydrogen-bond acceptors (Lipinski definition) is 3. The number of carbonyl (C=O) groups is 1. The SMILES string of the molecule is CCC(NC(=O)c1ccc(O)c(O)c1)C1CCCCC1. The maximum Gasteiger partial charge on any atom is 0.251 e. The van der Waals surface area contributed by atoms with Crippen LogP contribution in [0.1, 0.15) is 55.8 Å². The zero-order valence-corrected chi connectivity index (χ0v) is 11.9. The Labute approximate surface area is 119 Å². The van der Waals surface area contributed by atoms with E-state index in [1.807, 2.05) is 0 Å². The summed E-state index contributed by atoms with van der Waals surface area (Å²) in [7, 11) is 0. The minimum Gasteiger partial charge on any atom is -0.504 e. The standard InChI is InChI=1S/C16H23NO3/c1-2-13(11-6-4-3-5-7-11)17-16(20)12-8-9-14(18)15(19)10-12/h8-11,13,18-19H,2-7H2,1H3,(H,17,20). The lowest BCUT2D eigenvalue weighted by molar-refractivity contribution is 0.0910. The minimum atomic E-state index is -0.261. The fraction of sp³-hybridized carbons (Fsp3) is 0.562. The van der Waals surface area contributed by atoms with Gasteiger partial charge in [-0.1, -0.05) is 26.2 Å². The van der Waals surface area contributed by atoms with Crippen LogP contribution in [0.25, 0.3) is 0 Å². The number of amides is 1. The molecule has 1 unspecified atom stereocenters. The number of rotatable bonds is 4. The number of benzene rings is 1. The van der Waals surface area contributed by atoms with Crippen molar-refractivity contribution in [3.63, 3.8) is 0 Å². The van der Waals surface area contributed by atoms with Crippen LogP contribution in [0.3, 0.4) is 0 Å². The predicted molar refractivity (Wildman–Crippen MR) is 77.9 cm³/mol. The summed E-state index contributed by atoms with van der Waals surface area (Å²) in [4.78, 5) is 12.2. The van der Waals surface area contributed by atoms with E-state index < -0.39 is 0 Å². The van der Waals surface area contributed by atoms with Crippen molar-refractivity contribution >= 4 is 5.91 Å². The van der Waals surface area contributed by atoms with Crippen molar-refractivity contribution in [1.29, 1.82) is 0 Å². The molecule has 4 nitrogen and oxygen atoms in total. The Hall–Kier alpha value is -1.71. The van der Waals surface area contributed by atoms with Crippen LogP contribution in [0.5, 0.6) is 11.5 Å². The highest BCUT2D eigenvalue weighted by Gasteiger charge is 2.24. The van der Waals surface area contributed by atoms with Gasteiger partial charge >= 0.3 is 0 Å². The average molecular weight is 277 g/mol. The van der Waals surface area contributed by atoms with E-state index in [-0.39, 0.29) is 23.4 Å². The summed E-state index contributed by atoms with van der Waals surface area (Å²) in [5, 5.41) is 21.8. The quantitative estimate of drug-likeness (QED) is 0.740. The van der Waals surface area contributed by atoms with Crippen LogP contribution in [0, 0.1) is 5.92 Å². The first-order valence-corrected chi connectivity index (χ1v) is 7.44. The molecule has 0 spiro atoms. The molecular formula is C16H23NO3. The number of hydrogen-bond donors (Lipinski definition) is 3. The lowest BCUT2D eigenvalue weighted by atomic mass is 9.83. The van der Waals surface area contributed by atoms with Gasteiger partial charge < -0.3 is 15.5 Å². The molecule has 0 heterocycles. The molecule has 1 saturated carbocycles. The number of phenols is 2. The number of phenolic OH excluding ortho intramolecular Hbond substituents is 2. The molecule has 1 fully saturated rings. The Morgan fingerprint density at radius 2 is 1.95 bits per heavy atom. The van der Waals surface area contributed by atoms with Crippen LogP contribution >= 0.6 is 0 Å². The van der Waals surface area contributed by atoms with Crippen molar-refractivity contribution in [3.05, 3.63) is 23.8 Å². The summed E-state index contributed by atoms with van der Waals surface area (Å²) in [6.07, 6.45) is 7.07. The molecule has 4 heteroatoms. The highest BCUT2D eigenvalue weighted by molar-refractivity contribution is 5.95. The Bertz CT molecular complexity index is 467. The Morgan fingerprint density at radius 3 is 2.55 bits per heavy atom. The van der Waals surface area contributed by atoms with E-state index in [2.05, 4.69) is 12.2 Å². The van der Waals surface area contributed by atoms with Gasteiger partial charge in [0.2, 0.25) is 0 Å². The molecule has 0 radical (unpaired) electrons. The zero-order valence-electron chi connectivity index (χ0n) is 11.9. The summed E-state index contributed by atoms with van der Waals surface area (Å²) in [5.74, 6) is -0.0922. The number of carbonyl (C=O) groups excluding carboxylic acids is 1. The van der Waals surface area contributed by atoms with Gasteiger partial charge in [-0.3, -0.25) is 4.79 Å². The smallest absolute Gasteiger partial charge is 0.251 e. The van der Waals surface area contributed by atoms with Gasteiger partial charge in [-0.2, -0.15) is 0 Å². The summed E-state index contributed by atoms with van der Waals surface area (Å²) in [6, 6.07) is 4.36. The van der Waals surface area contributed by atoms with Gasteiger partial charge in [0.05, 0.1) is 0 Å². The topological polar surface area (TPSA) is 69.6 Å². The van der Waals surface area contributed by atoms with E-state index in [1.54, 1.807) is 0 Å². The molecule has 2 rings (SSSR count). The molecule has 110 valence electrons. The van der Waals surface area contributed by atoms with Gasteiger partial charge in [-0.05, 0) is 43.4 Å². The largest absolute Gasteiger partial charge is 0.504 e. The Balaban J connectivity index is 2.02. The molecule has 1 amide bonds. The van der Waals surface area contributed by atoms with Gasteiger partial charge in [0.25, 0.3) is 5.91 Å². The Morgan fingerprint density at radius 1 is 1.25 bits per heavy atom. The molecule has 1 aliphatic carbocycles. The maximum atomic E-state index is 12.2. The van der Waals surface area contributed by atoms with Gasteiger partial charge in [0, 0.05) is 11.6 Å². The van der Waals surface area contributed by atoms with Crippen molar-refractivity contribution in [3.8, 4) is 11.5 Å². The summed E-state index contributed by atoms with van der Waals surface area (Å²) < 4.78 is 0. The van der Waals surface area contributed by atoms with Crippen molar-refractivity contribution < 1.29 is 15.0 Å². The molecule has 0 aromatic heterocycles. The second kappa shape index (κ2) is 6.64. The normalized spacial score (nSPS) is 17.6. The fourth-order valence-electron chi connectivity index (χ4n) is 3.01. The highest BCUT2D eigenvalue weighted by Crippen LogP contribution is 2.28. The summed E-state index contributed by atoms with van der Waals surface area (Å²) in [5.41, 5.74) is 0.384. The van der Waals surface area contributed by atoms with Crippen LogP contribution in [0.4, 0.5) is 0 Å². The lowest BCUT2D eigenvalue weighted by Crippen LogP contribution is -2.40. The molecular weight excluding hydrogens is 254 g/mol. The molecule has 0 saturated heterocycles. The number of aromatic hydroxyl groups is 2. The second-order valence-corrected chi connectivity index (χ2v) is 5.59. The molecule has 0 bridgehead atoms.